The van der Waals surface area contributed by atoms with E-state index in [-0.39, 0.29) is 18.9 Å². The quantitative estimate of drug-likeness (QED) is 0.510. The summed E-state index contributed by atoms with van der Waals surface area (Å²) in [5.74, 6) is 0.808. The van der Waals surface area contributed by atoms with Crippen molar-refractivity contribution in [3.63, 3.8) is 0 Å². The number of amides is 1. The number of carbonyl (C=O) groups excluding carboxylic acids is 1. The fourth-order valence-electron chi connectivity index (χ4n) is 4.42. The highest BCUT2D eigenvalue weighted by Crippen LogP contribution is 2.35. The number of sulfonamides is 1. The van der Waals surface area contributed by atoms with Crippen molar-refractivity contribution in [2.45, 2.75) is 25.7 Å². The van der Waals surface area contributed by atoms with E-state index in [0.717, 1.165) is 30.2 Å². The van der Waals surface area contributed by atoms with Gasteiger partial charge >= 0.3 is 0 Å². The summed E-state index contributed by atoms with van der Waals surface area (Å²) in [5.41, 5.74) is 3.89. The van der Waals surface area contributed by atoms with Gasteiger partial charge in [0.2, 0.25) is 15.9 Å². The Morgan fingerprint density at radius 2 is 1.73 bits per heavy atom. The van der Waals surface area contributed by atoms with Gasteiger partial charge in [0, 0.05) is 30.1 Å². The van der Waals surface area contributed by atoms with Gasteiger partial charge < -0.3 is 14.8 Å². The lowest BCUT2D eigenvalue weighted by Gasteiger charge is -2.23. The molecule has 174 valence electrons. The van der Waals surface area contributed by atoms with Crippen molar-refractivity contribution in [3.8, 4) is 11.5 Å². The molecule has 0 fully saturated rings. The first-order chi connectivity index (χ1) is 15.8. The van der Waals surface area contributed by atoms with E-state index in [0.29, 0.717) is 23.6 Å². The summed E-state index contributed by atoms with van der Waals surface area (Å²) < 4.78 is 36.6. The van der Waals surface area contributed by atoms with Crippen molar-refractivity contribution in [2.75, 3.05) is 36.6 Å². The van der Waals surface area contributed by atoms with E-state index in [9.17, 15) is 13.2 Å². The Kier molecular flexibility index (Phi) is 6.47. The lowest BCUT2D eigenvalue weighted by Crippen LogP contribution is -2.31. The predicted molar refractivity (Wildman–Crippen MR) is 131 cm³/mol. The van der Waals surface area contributed by atoms with Crippen molar-refractivity contribution in [2.24, 2.45) is 0 Å². The summed E-state index contributed by atoms with van der Waals surface area (Å²) in [4.78, 5) is 12.7. The van der Waals surface area contributed by atoms with Gasteiger partial charge in [-0.15, -0.1) is 0 Å². The topological polar surface area (TPSA) is 84.9 Å². The van der Waals surface area contributed by atoms with Gasteiger partial charge in [0.1, 0.15) is 0 Å². The molecule has 0 bridgehead atoms. The van der Waals surface area contributed by atoms with Crippen molar-refractivity contribution in [1.82, 2.24) is 0 Å². The number of benzene rings is 3. The fourth-order valence-corrected chi connectivity index (χ4v) is 5.38. The second-order valence-corrected chi connectivity index (χ2v) is 10.0. The maximum absolute atomic E-state index is 12.7. The molecule has 3 aromatic rings. The molecule has 0 atom stereocenters. The lowest BCUT2D eigenvalue weighted by molar-refractivity contribution is -0.116. The van der Waals surface area contributed by atoms with Gasteiger partial charge in [-0.05, 0) is 54.0 Å². The number of nitrogens with one attached hydrogen (secondary N) is 1. The third kappa shape index (κ3) is 4.75. The van der Waals surface area contributed by atoms with Crippen LogP contribution in [0.25, 0.3) is 10.8 Å². The Hall–Kier alpha value is -3.26. The van der Waals surface area contributed by atoms with Crippen LogP contribution in [-0.2, 0) is 27.7 Å². The molecule has 1 N–H and O–H groups in total. The van der Waals surface area contributed by atoms with E-state index in [2.05, 4.69) is 17.4 Å². The number of nitrogens with zero attached hydrogens (tertiary/aromatic N) is 1. The van der Waals surface area contributed by atoms with Crippen molar-refractivity contribution >= 4 is 38.1 Å². The number of hydrogen-bond acceptors (Lipinski definition) is 5. The van der Waals surface area contributed by atoms with Crippen molar-refractivity contribution in [1.29, 1.82) is 0 Å². The van der Waals surface area contributed by atoms with Crippen LogP contribution in [0.2, 0.25) is 0 Å². The SMILES string of the molecule is COc1ccc(N(CCCC(=O)Nc2ccc3c4c(cccc24)CC3)S(C)(=O)=O)cc1OC. The Labute approximate surface area is 194 Å². The minimum Gasteiger partial charge on any atom is -0.493 e. The van der Waals surface area contributed by atoms with Gasteiger partial charge in [-0.25, -0.2) is 8.42 Å². The van der Waals surface area contributed by atoms with Gasteiger partial charge in [-0.3, -0.25) is 9.10 Å². The summed E-state index contributed by atoms with van der Waals surface area (Å²) in [6.45, 7) is 0.172. The second-order valence-electron chi connectivity index (χ2n) is 8.14. The molecule has 0 unspecified atom stereocenters. The van der Waals surface area contributed by atoms with E-state index >= 15 is 0 Å². The Bertz CT molecular complexity index is 1290. The van der Waals surface area contributed by atoms with E-state index in [1.54, 1.807) is 18.2 Å². The van der Waals surface area contributed by atoms with Crippen LogP contribution >= 0.6 is 0 Å². The van der Waals surface area contributed by atoms with E-state index in [1.807, 2.05) is 18.2 Å². The van der Waals surface area contributed by atoms with Crippen LogP contribution in [0, 0.1) is 0 Å². The Morgan fingerprint density at radius 3 is 2.42 bits per heavy atom. The highest BCUT2D eigenvalue weighted by atomic mass is 32.2. The molecule has 4 rings (SSSR count). The highest BCUT2D eigenvalue weighted by molar-refractivity contribution is 7.92. The zero-order chi connectivity index (χ0) is 23.6. The summed E-state index contributed by atoms with van der Waals surface area (Å²) >= 11 is 0. The van der Waals surface area contributed by atoms with Gasteiger partial charge in [-0.2, -0.15) is 0 Å². The normalized spacial score (nSPS) is 12.6. The highest BCUT2D eigenvalue weighted by Gasteiger charge is 2.20. The molecule has 33 heavy (non-hydrogen) atoms. The molecular formula is C25H28N2O5S. The molecule has 3 aromatic carbocycles. The maximum Gasteiger partial charge on any atom is 0.232 e. The molecule has 0 saturated heterocycles. The van der Waals surface area contributed by atoms with E-state index in [4.69, 9.17) is 9.47 Å². The molecule has 0 heterocycles. The summed E-state index contributed by atoms with van der Waals surface area (Å²) in [5, 5.41) is 5.31. The Balaban J connectivity index is 1.44. The second kappa shape index (κ2) is 9.31. The molecule has 0 spiro atoms. The van der Waals surface area contributed by atoms with Crippen LogP contribution in [0.15, 0.2) is 48.5 Å². The predicted octanol–water partition coefficient (Wildman–Crippen LogP) is 4.14. The van der Waals surface area contributed by atoms with Gasteiger partial charge in [0.25, 0.3) is 0 Å². The number of anilines is 2. The van der Waals surface area contributed by atoms with Crippen LogP contribution in [0.3, 0.4) is 0 Å². The number of carbonyl (C=O) groups is 1. The maximum atomic E-state index is 12.7. The first-order valence-electron chi connectivity index (χ1n) is 10.8. The number of methoxy groups -OCH3 is 2. The summed E-state index contributed by atoms with van der Waals surface area (Å²) in [6.07, 6.45) is 3.77. The molecule has 0 aromatic heterocycles. The monoisotopic (exact) mass is 468 g/mol. The minimum atomic E-state index is -3.55. The third-order valence-electron chi connectivity index (χ3n) is 5.97. The molecule has 1 aliphatic carbocycles. The average Bonchev–Trinajstić information content (AvgIpc) is 3.22. The number of aryl methyl sites for hydroxylation is 2. The van der Waals surface area contributed by atoms with Crippen LogP contribution in [0.4, 0.5) is 11.4 Å². The molecule has 7 nitrogen and oxygen atoms in total. The lowest BCUT2D eigenvalue weighted by atomic mass is 10.0. The van der Waals surface area contributed by atoms with Gasteiger partial charge in [0.05, 0.1) is 26.2 Å². The molecule has 0 saturated carbocycles. The molecule has 1 aliphatic rings. The molecule has 0 radical (unpaired) electrons. The number of ether oxygens (including phenoxy) is 2. The van der Waals surface area contributed by atoms with E-state index < -0.39 is 10.0 Å². The fraction of sp³-hybridized carbons (Fsp3) is 0.320. The zero-order valence-corrected chi connectivity index (χ0v) is 19.9. The summed E-state index contributed by atoms with van der Waals surface area (Å²) in [7, 11) is -0.528. The zero-order valence-electron chi connectivity index (χ0n) is 19.1. The molecular weight excluding hydrogens is 440 g/mol. The Morgan fingerprint density at radius 1 is 1.00 bits per heavy atom. The van der Waals surface area contributed by atoms with Crippen LogP contribution in [0.1, 0.15) is 24.0 Å². The summed E-state index contributed by atoms with van der Waals surface area (Å²) in [6, 6.07) is 15.2. The van der Waals surface area contributed by atoms with Crippen molar-refractivity contribution < 1.29 is 22.7 Å². The first-order valence-corrected chi connectivity index (χ1v) is 12.7. The third-order valence-corrected chi connectivity index (χ3v) is 7.17. The first kappa shape index (κ1) is 22.9. The molecule has 8 heteroatoms. The van der Waals surface area contributed by atoms with E-state index in [1.165, 1.54) is 35.0 Å². The largest absolute Gasteiger partial charge is 0.493 e. The molecule has 0 aliphatic heterocycles. The van der Waals surface area contributed by atoms with Gasteiger partial charge in [0.15, 0.2) is 11.5 Å². The number of rotatable bonds is 9. The standard InChI is InChI=1S/C25H28N2O5S/c1-31-22-14-12-19(16-23(22)32-2)27(33(3,29)30)15-5-8-24(28)26-21-13-11-18-10-9-17-6-4-7-20(21)25(17)18/h4,6-7,11-14,16H,5,8-10,15H2,1-3H3,(H,26,28). The minimum absolute atomic E-state index is 0.144. The van der Waals surface area contributed by atoms with Crippen LogP contribution < -0.4 is 19.1 Å². The van der Waals surface area contributed by atoms with Crippen LogP contribution in [-0.4, -0.2) is 41.3 Å². The molecule has 1 amide bonds. The smallest absolute Gasteiger partial charge is 0.232 e. The van der Waals surface area contributed by atoms with Gasteiger partial charge in [-0.1, -0.05) is 24.3 Å². The average molecular weight is 469 g/mol. The van der Waals surface area contributed by atoms with Crippen LogP contribution in [0.5, 0.6) is 11.5 Å². The number of hydrogen-bond donors (Lipinski definition) is 1. The van der Waals surface area contributed by atoms with Crippen molar-refractivity contribution in [3.05, 3.63) is 59.7 Å².